The Balaban J connectivity index is 1.88. The van der Waals surface area contributed by atoms with Gasteiger partial charge in [-0.05, 0) is 44.0 Å². The van der Waals surface area contributed by atoms with Crippen molar-refractivity contribution in [3.8, 4) is 0 Å². The first-order chi connectivity index (χ1) is 12.2. The summed E-state index contributed by atoms with van der Waals surface area (Å²) < 4.78 is 5.51. The quantitative estimate of drug-likeness (QED) is 0.863. The van der Waals surface area contributed by atoms with Crippen LogP contribution in [0.3, 0.4) is 0 Å². The summed E-state index contributed by atoms with van der Waals surface area (Å²) in [5, 5.41) is 5.67. The molecule has 138 valence electrons. The highest BCUT2D eigenvalue weighted by molar-refractivity contribution is 7.17. The van der Waals surface area contributed by atoms with Gasteiger partial charge in [0, 0.05) is 23.5 Å². The minimum Gasteiger partial charge on any atom is -0.444 e. The zero-order valence-electron chi connectivity index (χ0n) is 15.0. The maximum atomic E-state index is 12.6. The largest absolute Gasteiger partial charge is 0.444 e. The number of rotatable bonds is 3. The van der Waals surface area contributed by atoms with Crippen molar-refractivity contribution in [3.05, 3.63) is 35.3 Å². The van der Waals surface area contributed by atoms with Crippen molar-refractivity contribution < 1.29 is 14.3 Å². The minimum atomic E-state index is -0.624. The van der Waals surface area contributed by atoms with Crippen molar-refractivity contribution in [3.63, 3.8) is 0 Å². The average Bonchev–Trinajstić information content (AvgIpc) is 3.15. The third-order valence-electron chi connectivity index (χ3n) is 3.94. The van der Waals surface area contributed by atoms with Gasteiger partial charge in [0.25, 0.3) is 0 Å². The lowest BCUT2D eigenvalue weighted by Crippen LogP contribution is -2.46. The third kappa shape index (κ3) is 3.96. The van der Waals surface area contributed by atoms with E-state index in [9.17, 15) is 9.59 Å². The molecule has 0 aliphatic carbocycles. The summed E-state index contributed by atoms with van der Waals surface area (Å²) in [4.78, 5) is 30.6. The number of amides is 3. The van der Waals surface area contributed by atoms with Crippen LogP contribution in [0.4, 0.5) is 9.59 Å². The number of thiophene rings is 1. The number of nitrogens with zero attached hydrogens (tertiary/aromatic N) is 2. The summed E-state index contributed by atoms with van der Waals surface area (Å²) in [5.74, 6) is 0. The monoisotopic (exact) mass is 374 g/mol. The Labute approximate surface area is 155 Å². The number of aromatic nitrogens is 1. The van der Waals surface area contributed by atoms with E-state index in [1.54, 1.807) is 22.4 Å². The number of nitrogens with two attached hydrogens (primary N) is 1. The topological polar surface area (TPSA) is 97.6 Å². The Bertz CT molecular complexity index is 869. The van der Waals surface area contributed by atoms with E-state index in [0.717, 1.165) is 21.4 Å². The Morgan fingerprint density at radius 2 is 2.23 bits per heavy atom. The molecule has 7 nitrogen and oxygen atoms in total. The molecule has 0 fully saturated rings. The number of fused-ring (bicyclic) bond motifs is 1. The average molecular weight is 374 g/mol. The van der Waals surface area contributed by atoms with Crippen LogP contribution >= 0.6 is 11.3 Å². The number of ether oxygens (including phenoxy) is 1. The van der Waals surface area contributed by atoms with Crippen molar-refractivity contribution in [2.45, 2.75) is 32.4 Å². The van der Waals surface area contributed by atoms with Crippen molar-refractivity contribution in [2.24, 2.45) is 5.73 Å². The van der Waals surface area contributed by atoms with Gasteiger partial charge in [-0.15, -0.1) is 11.3 Å². The van der Waals surface area contributed by atoms with Gasteiger partial charge in [-0.2, -0.15) is 0 Å². The normalized spacial score (nSPS) is 17.3. The Hall–Kier alpha value is -2.61. The SMILES string of the molecule is CC(C)(C)OC(=O)N1CC(c2csc3ncccc23)=CC1CNC(N)=O. The fourth-order valence-corrected chi connectivity index (χ4v) is 3.80. The van der Waals surface area contributed by atoms with Crippen molar-refractivity contribution in [1.82, 2.24) is 15.2 Å². The van der Waals surface area contributed by atoms with E-state index in [1.807, 2.05) is 44.4 Å². The van der Waals surface area contributed by atoms with E-state index in [2.05, 4.69) is 10.3 Å². The molecule has 0 spiro atoms. The molecule has 3 rings (SSSR count). The molecule has 3 N–H and O–H groups in total. The van der Waals surface area contributed by atoms with E-state index in [4.69, 9.17) is 10.5 Å². The molecule has 0 saturated carbocycles. The van der Waals surface area contributed by atoms with Crippen LogP contribution in [-0.4, -0.2) is 46.7 Å². The number of urea groups is 1. The molecule has 0 aromatic carbocycles. The standard InChI is InChI=1S/C18H22N4O3S/c1-18(2,3)25-17(24)22-9-11(7-12(22)8-21-16(19)23)14-10-26-15-13(14)5-4-6-20-15/h4-7,10,12H,8-9H2,1-3H3,(H3,19,21,23). The predicted octanol–water partition coefficient (Wildman–Crippen LogP) is 2.97. The molecule has 8 heteroatoms. The highest BCUT2D eigenvalue weighted by Gasteiger charge is 2.33. The number of carbonyl (C=O) groups excluding carboxylic acids is 2. The zero-order valence-corrected chi connectivity index (χ0v) is 15.8. The molecule has 2 aromatic rings. The highest BCUT2D eigenvalue weighted by atomic mass is 32.1. The van der Waals surface area contributed by atoms with Crippen LogP contribution in [0.1, 0.15) is 26.3 Å². The molecular formula is C18H22N4O3S. The van der Waals surface area contributed by atoms with Gasteiger partial charge in [0.2, 0.25) is 0 Å². The molecule has 0 saturated heterocycles. The molecule has 1 aliphatic rings. The van der Waals surface area contributed by atoms with Gasteiger partial charge < -0.3 is 15.8 Å². The van der Waals surface area contributed by atoms with Crippen LogP contribution in [0.15, 0.2) is 29.8 Å². The van der Waals surface area contributed by atoms with E-state index >= 15 is 0 Å². The molecule has 1 atom stereocenters. The van der Waals surface area contributed by atoms with Crippen LogP contribution < -0.4 is 11.1 Å². The molecule has 2 aromatic heterocycles. The van der Waals surface area contributed by atoms with Crippen molar-refractivity contribution in [2.75, 3.05) is 13.1 Å². The second-order valence-electron chi connectivity index (χ2n) is 7.12. The van der Waals surface area contributed by atoms with Gasteiger partial charge in [0.15, 0.2) is 0 Å². The number of pyridine rings is 1. The smallest absolute Gasteiger partial charge is 0.411 e. The van der Waals surface area contributed by atoms with Crippen LogP contribution in [0.25, 0.3) is 15.8 Å². The van der Waals surface area contributed by atoms with E-state index in [0.29, 0.717) is 6.54 Å². The van der Waals surface area contributed by atoms with E-state index in [1.165, 1.54) is 0 Å². The number of hydrogen-bond donors (Lipinski definition) is 2. The van der Waals surface area contributed by atoms with Gasteiger partial charge in [-0.1, -0.05) is 6.08 Å². The molecule has 1 aliphatic heterocycles. The van der Waals surface area contributed by atoms with Crippen molar-refractivity contribution >= 4 is 39.3 Å². The molecular weight excluding hydrogens is 352 g/mol. The fraction of sp³-hybridized carbons (Fsp3) is 0.389. The van der Waals surface area contributed by atoms with E-state index in [-0.39, 0.29) is 12.6 Å². The summed E-state index contributed by atoms with van der Waals surface area (Å²) in [7, 11) is 0. The van der Waals surface area contributed by atoms with Gasteiger partial charge in [-0.25, -0.2) is 14.6 Å². The van der Waals surface area contributed by atoms with Crippen LogP contribution in [-0.2, 0) is 4.74 Å². The first-order valence-electron chi connectivity index (χ1n) is 8.31. The van der Waals surface area contributed by atoms with Gasteiger partial charge in [0.1, 0.15) is 10.4 Å². The molecule has 3 heterocycles. The summed E-state index contributed by atoms with van der Waals surface area (Å²) in [6, 6.07) is 2.97. The summed E-state index contributed by atoms with van der Waals surface area (Å²) in [6.07, 6.45) is 3.32. The molecule has 26 heavy (non-hydrogen) atoms. The first-order valence-corrected chi connectivity index (χ1v) is 9.19. The number of nitrogens with one attached hydrogen (secondary N) is 1. The number of carbonyl (C=O) groups is 2. The van der Waals surface area contributed by atoms with Gasteiger partial charge in [-0.3, -0.25) is 4.90 Å². The Morgan fingerprint density at radius 1 is 1.46 bits per heavy atom. The van der Waals surface area contributed by atoms with Crippen LogP contribution in [0, 0.1) is 0 Å². The van der Waals surface area contributed by atoms with Gasteiger partial charge >= 0.3 is 12.1 Å². The Morgan fingerprint density at radius 3 is 2.92 bits per heavy atom. The third-order valence-corrected chi connectivity index (χ3v) is 4.85. The lowest BCUT2D eigenvalue weighted by atomic mass is 10.1. The summed E-state index contributed by atoms with van der Waals surface area (Å²) in [5.41, 5.74) is 6.64. The van der Waals surface area contributed by atoms with Crippen molar-refractivity contribution in [1.29, 1.82) is 0 Å². The summed E-state index contributed by atoms with van der Waals surface area (Å²) >= 11 is 1.56. The van der Waals surface area contributed by atoms with Crippen LogP contribution in [0.2, 0.25) is 0 Å². The lowest BCUT2D eigenvalue weighted by Gasteiger charge is -2.28. The Kier molecular flexibility index (Phi) is 4.86. The maximum absolute atomic E-state index is 12.6. The number of hydrogen-bond acceptors (Lipinski definition) is 5. The molecule has 0 radical (unpaired) electrons. The van der Waals surface area contributed by atoms with Crippen LogP contribution in [0.5, 0.6) is 0 Å². The second-order valence-corrected chi connectivity index (χ2v) is 7.98. The maximum Gasteiger partial charge on any atom is 0.411 e. The number of primary amides is 1. The molecule has 0 bridgehead atoms. The minimum absolute atomic E-state index is 0.235. The highest BCUT2D eigenvalue weighted by Crippen LogP contribution is 2.34. The molecule has 3 amide bonds. The lowest BCUT2D eigenvalue weighted by molar-refractivity contribution is 0.0245. The van der Waals surface area contributed by atoms with E-state index < -0.39 is 17.7 Å². The second kappa shape index (κ2) is 6.95. The first kappa shape index (κ1) is 18.2. The fourth-order valence-electron chi connectivity index (χ4n) is 2.86. The zero-order chi connectivity index (χ0) is 18.9. The predicted molar refractivity (Wildman–Crippen MR) is 102 cm³/mol. The molecule has 1 unspecified atom stereocenters. The van der Waals surface area contributed by atoms with Gasteiger partial charge in [0.05, 0.1) is 12.6 Å². The summed E-state index contributed by atoms with van der Waals surface area (Å²) in [6.45, 7) is 6.11.